The van der Waals surface area contributed by atoms with Crippen LogP contribution in [0.3, 0.4) is 0 Å². The van der Waals surface area contributed by atoms with E-state index in [9.17, 15) is 9.59 Å². The fourth-order valence-corrected chi connectivity index (χ4v) is 5.48. The summed E-state index contributed by atoms with van der Waals surface area (Å²) in [6, 6.07) is 11.0. The third-order valence-electron chi connectivity index (χ3n) is 5.20. The number of anilines is 2. The highest BCUT2D eigenvalue weighted by Gasteiger charge is 2.22. The van der Waals surface area contributed by atoms with E-state index in [0.717, 1.165) is 27.8 Å². The number of benzene rings is 1. The van der Waals surface area contributed by atoms with Crippen LogP contribution in [-0.2, 0) is 16.1 Å². The van der Waals surface area contributed by atoms with Gasteiger partial charge in [0.25, 0.3) is 5.56 Å². The lowest BCUT2D eigenvalue weighted by atomic mass is 10.3. The molecule has 3 aromatic heterocycles. The van der Waals surface area contributed by atoms with Gasteiger partial charge >= 0.3 is 0 Å². The summed E-state index contributed by atoms with van der Waals surface area (Å²) in [6.07, 6.45) is 0. The highest BCUT2D eigenvalue weighted by Crippen LogP contribution is 2.35. The van der Waals surface area contributed by atoms with Gasteiger partial charge in [0.05, 0.1) is 35.6 Å². The number of aromatic nitrogens is 3. The van der Waals surface area contributed by atoms with Crippen LogP contribution < -0.4 is 20.5 Å². The lowest BCUT2D eigenvalue weighted by Gasteiger charge is -2.25. The van der Waals surface area contributed by atoms with Crippen LogP contribution in [0.4, 0.5) is 10.8 Å². The zero-order valence-corrected chi connectivity index (χ0v) is 19.4. The number of fused-ring (bicyclic) bond motifs is 1. The number of methoxy groups -OCH3 is 1. The van der Waals surface area contributed by atoms with Gasteiger partial charge in [0.1, 0.15) is 18.0 Å². The summed E-state index contributed by atoms with van der Waals surface area (Å²) in [7, 11) is 1.53. The third-order valence-corrected chi connectivity index (χ3v) is 7.20. The van der Waals surface area contributed by atoms with E-state index in [2.05, 4.69) is 20.3 Å². The molecule has 1 amide bonds. The number of thiazole rings is 1. The molecule has 1 aliphatic rings. The van der Waals surface area contributed by atoms with E-state index >= 15 is 0 Å². The lowest BCUT2D eigenvalue weighted by Crippen LogP contribution is -2.36. The minimum atomic E-state index is -0.392. The molecule has 33 heavy (non-hydrogen) atoms. The van der Waals surface area contributed by atoms with Crippen molar-refractivity contribution >= 4 is 49.6 Å². The average Bonchev–Trinajstić information content (AvgIpc) is 3.53. The summed E-state index contributed by atoms with van der Waals surface area (Å²) < 4.78 is 12.6. The number of carbonyl (C=O) groups is 1. The molecular formula is C22H21N5O4S2. The number of para-hydroxylation sites is 2. The zero-order valence-electron chi connectivity index (χ0n) is 17.8. The lowest BCUT2D eigenvalue weighted by molar-refractivity contribution is -0.117. The van der Waals surface area contributed by atoms with Crippen LogP contribution in [0.25, 0.3) is 20.8 Å². The van der Waals surface area contributed by atoms with Gasteiger partial charge in [-0.25, -0.2) is 9.67 Å². The zero-order chi connectivity index (χ0) is 22.8. The Labute approximate surface area is 197 Å². The molecule has 0 aliphatic carbocycles. The number of rotatable bonds is 6. The second-order valence-electron chi connectivity index (χ2n) is 7.31. The molecule has 4 aromatic rings. The number of nitrogens with one attached hydrogen (secondary N) is 1. The van der Waals surface area contributed by atoms with Crippen molar-refractivity contribution < 1.29 is 14.3 Å². The van der Waals surface area contributed by atoms with Gasteiger partial charge in [-0.3, -0.25) is 9.59 Å². The molecule has 0 spiro atoms. The van der Waals surface area contributed by atoms with Crippen LogP contribution in [0.15, 0.2) is 46.6 Å². The Morgan fingerprint density at radius 1 is 1.21 bits per heavy atom. The van der Waals surface area contributed by atoms with E-state index in [1.165, 1.54) is 34.5 Å². The summed E-state index contributed by atoms with van der Waals surface area (Å²) in [5.41, 5.74) is 1.11. The Hall–Kier alpha value is -3.28. The number of amides is 1. The number of hydrogen-bond donors (Lipinski definition) is 1. The van der Waals surface area contributed by atoms with Crippen LogP contribution >= 0.6 is 22.7 Å². The van der Waals surface area contributed by atoms with E-state index in [1.807, 2.05) is 23.6 Å². The molecule has 0 unspecified atom stereocenters. The van der Waals surface area contributed by atoms with Gasteiger partial charge in [0.2, 0.25) is 5.91 Å². The summed E-state index contributed by atoms with van der Waals surface area (Å²) >= 11 is 2.98. The number of morpholine rings is 1. The van der Waals surface area contributed by atoms with E-state index in [-0.39, 0.29) is 12.5 Å². The second kappa shape index (κ2) is 9.30. The maximum Gasteiger partial charge on any atom is 0.294 e. The Morgan fingerprint density at radius 3 is 2.79 bits per heavy atom. The first-order chi connectivity index (χ1) is 16.1. The molecule has 11 heteroatoms. The standard InChI is InChI=1S/C22H21N5O4S2/c1-30-15-6-3-2-5-14(15)23-17(28)13-27-21(29)19-20(18(25-27)16-7-4-12-32-16)33-22(24-19)26-8-10-31-11-9-26/h2-7,12H,8-11,13H2,1H3,(H,23,28). The van der Waals surface area contributed by atoms with Crippen LogP contribution in [0, 0.1) is 0 Å². The van der Waals surface area contributed by atoms with Crippen LogP contribution in [-0.4, -0.2) is 54.1 Å². The summed E-state index contributed by atoms with van der Waals surface area (Å²) in [4.78, 5) is 33.7. The van der Waals surface area contributed by atoms with Crippen molar-refractivity contribution in [3.63, 3.8) is 0 Å². The van der Waals surface area contributed by atoms with Gasteiger partial charge < -0.3 is 19.7 Å². The van der Waals surface area contributed by atoms with Gasteiger partial charge in [0, 0.05) is 13.1 Å². The fourth-order valence-electron chi connectivity index (χ4n) is 3.59. The first-order valence-electron chi connectivity index (χ1n) is 10.3. The maximum atomic E-state index is 13.3. The van der Waals surface area contributed by atoms with Gasteiger partial charge in [0.15, 0.2) is 10.6 Å². The predicted octanol–water partition coefficient (Wildman–Crippen LogP) is 3.07. The van der Waals surface area contributed by atoms with Crippen molar-refractivity contribution in [3.8, 4) is 16.3 Å². The number of carbonyl (C=O) groups excluding carboxylic acids is 1. The monoisotopic (exact) mass is 483 g/mol. The molecule has 9 nitrogen and oxygen atoms in total. The predicted molar refractivity (Wildman–Crippen MR) is 130 cm³/mol. The fraction of sp³-hybridized carbons (Fsp3) is 0.273. The SMILES string of the molecule is COc1ccccc1NC(=O)Cn1nc(-c2cccs2)c2sc(N3CCOCC3)nc2c1=O. The molecule has 0 bridgehead atoms. The van der Waals surface area contributed by atoms with Crippen molar-refractivity contribution in [3.05, 3.63) is 52.1 Å². The van der Waals surface area contributed by atoms with Crippen molar-refractivity contribution in [2.75, 3.05) is 43.6 Å². The highest BCUT2D eigenvalue weighted by molar-refractivity contribution is 7.23. The van der Waals surface area contributed by atoms with E-state index in [0.29, 0.717) is 35.9 Å². The van der Waals surface area contributed by atoms with Gasteiger partial charge in [-0.1, -0.05) is 29.5 Å². The van der Waals surface area contributed by atoms with Gasteiger partial charge in [-0.2, -0.15) is 5.10 Å². The number of ether oxygens (including phenoxy) is 2. The molecule has 1 aromatic carbocycles. The Morgan fingerprint density at radius 2 is 2.03 bits per heavy atom. The molecule has 4 heterocycles. The Balaban J connectivity index is 1.52. The van der Waals surface area contributed by atoms with Crippen molar-refractivity contribution in [2.45, 2.75) is 6.54 Å². The van der Waals surface area contributed by atoms with Crippen molar-refractivity contribution in [2.24, 2.45) is 0 Å². The van der Waals surface area contributed by atoms with Crippen molar-refractivity contribution in [1.29, 1.82) is 0 Å². The van der Waals surface area contributed by atoms with Gasteiger partial charge in [-0.05, 0) is 23.6 Å². The minimum absolute atomic E-state index is 0.240. The molecule has 0 radical (unpaired) electrons. The third kappa shape index (κ3) is 4.34. The molecule has 1 aliphatic heterocycles. The number of thiophene rings is 1. The topological polar surface area (TPSA) is 98.6 Å². The summed E-state index contributed by atoms with van der Waals surface area (Å²) in [5, 5.41) is 10.1. The molecular weight excluding hydrogens is 462 g/mol. The smallest absolute Gasteiger partial charge is 0.294 e. The second-order valence-corrected chi connectivity index (χ2v) is 9.24. The summed E-state index contributed by atoms with van der Waals surface area (Å²) in [6.45, 7) is 2.45. The maximum absolute atomic E-state index is 13.3. The largest absolute Gasteiger partial charge is 0.495 e. The molecule has 0 atom stereocenters. The molecule has 5 rings (SSSR count). The summed E-state index contributed by atoms with van der Waals surface area (Å²) in [5.74, 6) is 0.157. The van der Waals surface area contributed by atoms with Gasteiger partial charge in [-0.15, -0.1) is 11.3 Å². The molecule has 1 saturated heterocycles. The van der Waals surface area contributed by atoms with E-state index in [4.69, 9.17) is 9.47 Å². The van der Waals surface area contributed by atoms with Crippen LogP contribution in [0.1, 0.15) is 0 Å². The Kier molecular flexibility index (Phi) is 6.07. The molecule has 1 N–H and O–H groups in total. The van der Waals surface area contributed by atoms with Crippen LogP contribution in [0.5, 0.6) is 5.75 Å². The number of hydrogen-bond acceptors (Lipinski definition) is 9. The first-order valence-corrected chi connectivity index (χ1v) is 12.0. The normalized spacial score (nSPS) is 13.9. The molecule has 1 fully saturated rings. The Bertz CT molecular complexity index is 1340. The highest BCUT2D eigenvalue weighted by atomic mass is 32.1. The van der Waals surface area contributed by atoms with E-state index < -0.39 is 5.56 Å². The minimum Gasteiger partial charge on any atom is -0.495 e. The number of nitrogens with zero attached hydrogens (tertiary/aromatic N) is 4. The van der Waals surface area contributed by atoms with Crippen LogP contribution in [0.2, 0.25) is 0 Å². The van der Waals surface area contributed by atoms with Crippen molar-refractivity contribution in [1.82, 2.24) is 14.8 Å². The molecule has 170 valence electrons. The van der Waals surface area contributed by atoms with E-state index in [1.54, 1.807) is 18.2 Å². The average molecular weight is 484 g/mol. The molecule has 0 saturated carbocycles. The first kappa shape index (κ1) is 21.6. The quantitative estimate of drug-likeness (QED) is 0.450.